The molecule has 3 heteroatoms. The zero-order valence-corrected chi connectivity index (χ0v) is 10.7. The van der Waals surface area contributed by atoms with Crippen LogP contribution in [-0.2, 0) is 4.84 Å². The summed E-state index contributed by atoms with van der Waals surface area (Å²) in [7, 11) is 1.66. The lowest BCUT2D eigenvalue weighted by Gasteiger charge is -2.24. The first-order chi connectivity index (χ1) is 8.86. The maximum atomic E-state index is 5.71. The van der Waals surface area contributed by atoms with Gasteiger partial charge in [0, 0.05) is 0 Å². The van der Waals surface area contributed by atoms with Crippen molar-refractivity contribution in [2.75, 3.05) is 18.8 Å². The van der Waals surface area contributed by atoms with Crippen LogP contribution in [0.5, 0.6) is 5.75 Å². The molecule has 0 saturated heterocycles. The van der Waals surface area contributed by atoms with Crippen molar-refractivity contribution in [3.05, 3.63) is 54.6 Å². The van der Waals surface area contributed by atoms with E-state index in [4.69, 9.17) is 9.57 Å². The van der Waals surface area contributed by atoms with Gasteiger partial charge in [-0.3, -0.25) is 4.84 Å². The highest BCUT2D eigenvalue weighted by atomic mass is 16.7. The van der Waals surface area contributed by atoms with Crippen molar-refractivity contribution in [1.29, 1.82) is 0 Å². The third-order valence-corrected chi connectivity index (χ3v) is 2.55. The fourth-order valence-corrected chi connectivity index (χ4v) is 1.77. The number of hydrogen-bond acceptors (Lipinski definition) is 3. The summed E-state index contributed by atoms with van der Waals surface area (Å²) < 4.78 is 5.37. The Labute approximate surface area is 108 Å². The van der Waals surface area contributed by atoms with E-state index in [1.54, 1.807) is 12.2 Å². The van der Waals surface area contributed by atoms with Gasteiger partial charge in [0.05, 0.1) is 19.4 Å². The molecular formula is C15H17NO2. The first-order valence-corrected chi connectivity index (χ1v) is 5.98. The number of para-hydroxylation sites is 3. The van der Waals surface area contributed by atoms with E-state index in [0.717, 1.165) is 17.1 Å². The van der Waals surface area contributed by atoms with E-state index in [1.165, 1.54) is 0 Å². The van der Waals surface area contributed by atoms with Crippen LogP contribution in [0, 0.1) is 0 Å². The Morgan fingerprint density at radius 3 is 2.28 bits per heavy atom. The number of benzene rings is 2. The summed E-state index contributed by atoms with van der Waals surface area (Å²) in [6.45, 7) is 2.55. The van der Waals surface area contributed by atoms with Crippen LogP contribution in [0.25, 0.3) is 0 Å². The molecule has 94 valence electrons. The second kappa shape index (κ2) is 6.07. The van der Waals surface area contributed by atoms with Crippen molar-refractivity contribution in [3.8, 4) is 5.75 Å². The molecule has 0 amide bonds. The second-order valence-corrected chi connectivity index (χ2v) is 3.72. The van der Waals surface area contributed by atoms with Crippen molar-refractivity contribution in [2.45, 2.75) is 6.92 Å². The van der Waals surface area contributed by atoms with E-state index in [9.17, 15) is 0 Å². The molecular weight excluding hydrogens is 226 g/mol. The SMILES string of the molecule is CCON(c1ccccc1)c1ccccc1OC. The van der Waals surface area contributed by atoms with Gasteiger partial charge >= 0.3 is 0 Å². The molecule has 0 heterocycles. The third kappa shape index (κ3) is 2.63. The van der Waals surface area contributed by atoms with Gasteiger partial charge in [-0.2, -0.15) is 0 Å². The van der Waals surface area contributed by atoms with Gasteiger partial charge in [0.25, 0.3) is 0 Å². The van der Waals surface area contributed by atoms with E-state index >= 15 is 0 Å². The van der Waals surface area contributed by atoms with Crippen molar-refractivity contribution in [1.82, 2.24) is 0 Å². The van der Waals surface area contributed by atoms with Crippen LogP contribution >= 0.6 is 0 Å². The van der Waals surface area contributed by atoms with Gasteiger partial charge in [0.1, 0.15) is 11.4 Å². The maximum Gasteiger partial charge on any atom is 0.144 e. The largest absolute Gasteiger partial charge is 0.494 e. The Hall–Kier alpha value is -2.00. The summed E-state index contributed by atoms with van der Waals surface area (Å²) in [5.74, 6) is 0.787. The summed E-state index contributed by atoms with van der Waals surface area (Å²) in [6.07, 6.45) is 0. The van der Waals surface area contributed by atoms with Gasteiger partial charge in [-0.1, -0.05) is 30.3 Å². The first kappa shape index (κ1) is 12.5. The number of methoxy groups -OCH3 is 1. The van der Waals surface area contributed by atoms with Crippen molar-refractivity contribution in [3.63, 3.8) is 0 Å². The molecule has 0 fully saturated rings. The average molecular weight is 243 g/mol. The van der Waals surface area contributed by atoms with E-state index < -0.39 is 0 Å². The number of hydrogen-bond donors (Lipinski definition) is 0. The molecule has 0 unspecified atom stereocenters. The highest BCUT2D eigenvalue weighted by Gasteiger charge is 2.13. The Morgan fingerprint density at radius 2 is 1.61 bits per heavy atom. The Bertz CT molecular complexity index is 485. The summed E-state index contributed by atoms with van der Waals surface area (Å²) in [5.41, 5.74) is 1.87. The van der Waals surface area contributed by atoms with Crippen LogP contribution in [0.4, 0.5) is 11.4 Å². The van der Waals surface area contributed by atoms with Gasteiger partial charge in [-0.05, 0) is 31.2 Å². The lowest BCUT2D eigenvalue weighted by atomic mass is 10.2. The number of ether oxygens (including phenoxy) is 1. The van der Waals surface area contributed by atoms with Crippen LogP contribution < -0.4 is 9.80 Å². The van der Waals surface area contributed by atoms with Crippen LogP contribution in [0.15, 0.2) is 54.6 Å². The molecule has 18 heavy (non-hydrogen) atoms. The zero-order chi connectivity index (χ0) is 12.8. The molecule has 2 rings (SSSR count). The van der Waals surface area contributed by atoms with E-state index in [-0.39, 0.29) is 0 Å². The molecule has 0 N–H and O–H groups in total. The Morgan fingerprint density at radius 1 is 0.944 bits per heavy atom. The molecule has 0 aliphatic carbocycles. The average Bonchev–Trinajstić information content (AvgIpc) is 2.46. The highest BCUT2D eigenvalue weighted by Crippen LogP contribution is 2.33. The Kier molecular flexibility index (Phi) is 4.20. The quantitative estimate of drug-likeness (QED) is 0.746. The minimum Gasteiger partial charge on any atom is -0.494 e. The predicted octanol–water partition coefficient (Wildman–Crippen LogP) is 3.78. The molecule has 0 bridgehead atoms. The molecule has 0 radical (unpaired) electrons. The zero-order valence-electron chi connectivity index (χ0n) is 10.7. The van der Waals surface area contributed by atoms with E-state index in [2.05, 4.69) is 0 Å². The van der Waals surface area contributed by atoms with Crippen LogP contribution in [0.2, 0.25) is 0 Å². The fraction of sp³-hybridized carbons (Fsp3) is 0.200. The van der Waals surface area contributed by atoms with Gasteiger partial charge in [-0.15, -0.1) is 0 Å². The summed E-state index contributed by atoms with van der Waals surface area (Å²) in [6, 6.07) is 17.8. The molecule has 2 aromatic carbocycles. The van der Waals surface area contributed by atoms with Gasteiger partial charge < -0.3 is 4.74 Å². The van der Waals surface area contributed by atoms with Gasteiger partial charge in [0.2, 0.25) is 0 Å². The standard InChI is InChI=1S/C15H17NO2/c1-3-18-16(13-9-5-4-6-10-13)14-11-7-8-12-15(14)17-2/h4-12H,3H2,1-2H3. The normalized spacial score (nSPS) is 10.1. The Balaban J connectivity index is 2.41. The number of anilines is 2. The maximum absolute atomic E-state index is 5.71. The van der Waals surface area contributed by atoms with Crippen molar-refractivity contribution >= 4 is 11.4 Å². The molecule has 0 atom stereocenters. The number of rotatable bonds is 5. The van der Waals surface area contributed by atoms with Crippen molar-refractivity contribution in [2.24, 2.45) is 0 Å². The van der Waals surface area contributed by atoms with E-state index in [1.807, 2.05) is 61.5 Å². The molecule has 0 spiro atoms. The lowest BCUT2D eigenvalue weighted by Crippen LogP contribution is -2.18. The molecule has 2 aromatic rings. The van der Waals surface area contributed by atoms with Crippen LogP contribution in [0.3, 0.4) is 0 Å². The first-order valence-electron chi connectivity index (χ1n) is 5.98. The minimum absolute atomic E-state index is 0.590. The molecule has 0 saturated carbocycles. The summed E-state index contributed by atoms with van der Waals surface area (Å²) in [5, 5.41) is 1.79. The smallest absolute Gasteiger partial charge is 0.144 e. The molecule has 0 aliphatic rings. The molecule has 0 aromatic heterocycles. The predicted molar refractivity (Wildman–Crippen MR) is 73.2 cm³/mol. The van der Waals surface area contributed by atoms with Gasteiger partial charge in [0.15, 0.2) is 0 Å². The summed E-state index contributed by atoms with van der Waals surface area (Å²) >= 11 is 0. The minimum atomic E-state index is 0.590. The lowest BCUT2D eigenvalue weighted by molar-refractivity contribution is 0.148. The highest BCUT2D eigenvalue weighted by molar-refractivity contribution is 5.66. The molecule has 3 nitrogen and oxygen atoms in total. The van der Waals surface area contributed by atoms with E-state index in [0.29, 0.717) is 6.61 Å². The van der Waals surface area contributed by atoms with Gasteiger partial charge in [-0.25, -0.2) is 5.06 Å². The topological polar surface area (TPSA) is 21.7 Å². The third-order valence-electron chi connectivity index (χ3n) is 2.55. The number of nitrogens with zero attached hydrogens (tertiary/aromatic N) is 1. The van der Waals surface area contributed by atoms with Crippen molar-refractivity contribution < 1.29 is 9.57 Å². The van der Waals surface area contributed by atoms with Crippen LogP contribution in [-0.4, -0.2) is 13.7 Å². The second-order valence-electron chi connectivity index (χ2n) is 3.72. The molecule has 0 aliphatic heterocycles. The van der Waals surface area contributed by atoms with Crippen LogP contribution in [0.1, 0.15) is 6.92 Å². The monoisotopic (exact) mass is 243 g/mol. The fourth-order valence-electron chi connectivity index (χ4n) is 1.77. The summed E-state index contributed by atoms with van der Waals surface area (Å²) in [4.78, 5) is 5.71.